The minimum absolute atomic E-state index is 0.0853. The van der Waals surface area contributed by atoms with E-state index in [0.29, 0.717) is 12.6 Å². The maximum Gasteiger partial charge on any atom is 0.285 e. The second-order valence-corrected chi connectivity index (χ2v) is 5.98. The zero-order valence-corrected chi connectivity index (χ0v) is 12.8. The lowest BCUT2D eigenvalue weighted by atomic mass is 10.0. The molecular formula is C17H26F2N2. The Morgan fingerprint density at radius 3 is 2.71 bits per heavy atom. The van der Waals surface area contributed by atoms with Crippen molar-refractivity contribution in [3.05, 3.63) is 35.9 Å². The molecule has 4 heteroatoms. The van der Waals surface area contributed by atoms with Crippen LogP contribution in [0.25, 0.3) is 0 Å². The van der Waals surface area contributed by atoms with Gasteiger partial charge in [0, 0.05) is 11.6 Å². The van der Waals surface area contributed by atoms with E-state index in [-0.39, 0.29) is 12.1 Å². The van der Waals surface area contributed by atoms with E-state index in [1.807, 2.05) is 0 Å². The van der Waals surface area contributed by atoms with Gasteiger partial charge in [0.15, 0.2) is 0 Å². The van der Waals surface area contributed by atoms with Crippen LogP contribution >= 0.6 is 0 Å². The number of halogens is 2. The fraction of sp³-hybridized carbons (Fsp3) is 0.647. The summed E-state index contributed by atoms with van der Waals surface area (Å²) in [5.74, 6) is -2.79. The van der Waals surface area contributed by atoms with E-state index in [1.54, 1.807) is 18.2 Å². The number of piperidine rings is 1. The van der Waals surface area contributed by atoms with Gasteiger partial charge in [0.1, 0.15) is 0 Å². The van der Waals surface area contributed by atoms with Gasteiger partial charge in [0.2, 0.25) is 0 Å². The molecule has 2 rings (SSSR count). The van der Waals surface area contributed by atoms with Gasteiger partial charge in [0.25, 0.3) is 5.92 Å². The summed E-state index contributed by atoms with van der Waals surface area (Å²) in [6.07, 6.45) is 4.78. The molecule has 0 aliphatic carbocycles. The van der Waals surface area contributed by atoms with Crippen molar-refractivity contribution in [3.8, 4) is 0 Å². The molecule has 1 aromatic carbocycles. The molecule has 0 spiro atoms. The van der Waals surface area contributed by atoms with Crippen molar-refractivity contribution in [3.63, 3.8) is 0 Å². The first-order valence-electron chi connectivity index (χ1n) is 7.98. The van der Waals surface area contributed by atoms with Gasteiger partial charge in [-0.15, -0.1) is 0 Å². The third-order valence-corrected chi connectivity index (χ3v) is 4.28. The summed E-state index contributed by atoms with van der Waals surface area (Å²) in [6, 6.07) is 8.67. The number of nitrogens with zero attached hydrogens (tertiary/aromatic N) is 1. The fourth-order valence-electron chi connectivity index (χ4n) is 2.93. The predicted octanol–water partition coefficient (Wildman–Crippen LogP) is 3.63. The summed E-state index contributed by atoms with van der Waals surface area (Å²) in [6.45, 7) is 4.78. The van der Waals surface area contributed by atoms with Crippen LogP contribution in [0.2, 0.25) is 0 Å². The molecule has 0 bridgehead atoms. The molecule has 0 aromatic heterocycles. The number of benzene rings is 1. The Balaban J connectivity index is 1.65. The first kappa shape index (κ1) is 16.4. The van der Waals surface area contributed by atoms with E-state index in [1.165, 1.54) is 31.4 Å². The molecule has 21 heavy (non-hydrogen) atoms. The molecule has 1 N–H and O–H groups in total. The predicted molar refractivity (Wildman–Crippen MR) is 82.7 cm³/mol. The Hall–Kier alpha value is -1.00. The standard InChI is InChI=1S/C17H26F2N2/c1-15-8-5-6-12-21(15)13-7-11-20-14-17(18,19)16-9-3-2-4-10-16/h2-4,9-10,15,20H,5-8,11-14H2,1H3. The molecule has 0 radical (unpaired) electrons. The summed E-state index contributed by atoms with van der Waals surface area (Å²) in [4.78, 5) is 2.47. The van der Waals surface area contributed by atoms with E-state index < -0.39 is 5.92 Å². The van der Waals surface area contributed by atoms with Crippen LogP contribution in [0.4, 0.5) is 8.78 Å². The fourth-order valence-corrected chi connectivity index (χ4v) is 2.93. The van der Waals surface area contributed by atoms with Crippen LogP contribution in [0.3, 0.4) is 0 Å². The Labute approximate surface area is 126 Å². The topological polar surface area (TPSA) is 15.3 Å². The van der Waals surface area contributed by atoms with Crippen molar-refractivity contribution in [1.82, 2.24) is 10.2 Å². The lowest BCUT2D eigenvalue weighted by molar-refractivity contribution is -0.00321. The van der Waals surface area contributed by atoms with Gasteiger partial charge in [-0.25, -0.2) is 0 Å². The van der Waals surface area contributed by atoms with Crippen LogP contribution in [0.15, 0.2) is 30.3 Å². The molecule has 1 aliphatic heterocycles. The Morgan fingerprint density at radius 1 is 1.24 bits per heavy atom. The summed E-state index contributed by atoms with van der Waals surface area (Å²) >= 11 is 0. The van der Waals surface area contributed by atoms with Crippen molar-refractivity contribution >= 4 is 0 Å². The summed E-state index contributed by atoms with van der Waals surface area (Å²) < 4.78 is 27.9. The molecule has 1 aliphatic rings. The Morgan fingerprint density at radius 2 is 2.00 bits per heavy atom. The van der Waals surface area contributed by atoms with Crippen molar-refractivity contribution in [2.24, 2.45) is 0 Å². The second-order valence-electron chi connectivity index (χ2n) is 5.98. The highest BCUT2D eigenvalue weighted by atomic mass is 19.3. The lowest BCUT2D eigenvalue weighted by Crippen LogP contribution is -2.39. The van der Waals surface area contributed by atoms with Crippen LogP contribution < -0.4 is 5.32 Å². The molecule has 0 amide bonds. The first-order valence-corrected chi connectivity index (χ1v) is 7.98. The van der Waals surface area contributed by atoms with Gasteiger partial charge in [-0.3, -0.25) is 0 Å². The first-order chi connectivity index (χ1) is 10.1. The van der Waals surface area contributed by atoms with Crippen molar-refractivity contribution in [1.29, 1.82) is 0 Å². The number of hydrogen-bond acceptors (Lipinski definition) is 2. The molecular weight excluding hydrogens is 270 g/mol. The van der Waals surface area contributed by atoms with Crippen molar-refractivity contribution < 1.29 is 8.78 Å². The van der Waals surface area contributed by atoms with Crippen LogP contribution in [0.5, 0.6) is 0 Å². The van der Waals surface area contributed by atoms with Crippen LogP contribution in [-0.2, 0) is 5.92 Å². The van der Waals surface area contributed by atoms with E-state index in [2.05, 4.69) is 17.1 Å². The quantitative estimate of drug-likeness (QED) is 0.773. The molecule has 1 saturated heterocycles. The van der Waals surface area contributed by atoms with Crippen molar-refractivity contribution in [2.45, 2.75) is 44.6 Å². The number of likely N-dealkylation sites (tertiary alicyclic amines) is 1. The number of rotatable bonds is 7. The average Bonchev–Trinajstić information content (AvgIpc) is 2.49. The summed E-state index contributed by atoms with van der Waals surface area (Å²) in [5.41, 5.74) is 0.0853. The van der Waals surface area contributed by atoms with E-state index in [0.717, 1.165) is 19.5 Å². The molecule has 1 unspecified atom stereocenters. The molecule has 118 valence electrons. The molecule has 1 aromatic rings. The third-order valence-electron chi connectivity index (χ3n) is 4.28. The number of nitrogens with one attached hydrogen (secondary N) is 1. The third kappa shape index (κ3) is 5.04. The van der Waals surface area contributed by atoms with Gasteiger partial charge in [0.05, 0.1) is 6.54 Å². The van der Waals surface area contributed by atoms with E-state index in [9.17, 15) is 8.78 Å². The Bertz CT molecular complexity index is 409. The minimum atomic E-state index is -2.79. The summed E-state index contributed by atoms with van der Waals surface area (Å²) in [7, 11) is 0. The molecule has 0 saturated carbocycles. The number of alkyl halides is 2. The highest BCUT2D eigenvalue weighted by molar-refractivity contribution is 5.20. The van der Waals surface area contributed by atoms with E-state index in [4.69, 9.17) is 0 Å². The van der Waals surface area contributed by atoms with Crippen LogP contribution in [-0.4, -0.2) is 37.1 Å². The van der Waals surface area contributed by atoms with Gasteiger partial charge in [-0.1, -0.05) is 36.8 Å². The monoisotopic (exact) mass is 296 g/mol. The van der Waals surface area contributed by atoms with Gasteiger partial charge in [-0.05, 0) is 45.8 Å². The molecule has 2 nitrogen and oxygen atoms in total. The molecule has 1 fully saturated rings. The van der Waals surface area contributed by atoms with E-state index >= 15 is 0 Å². The SMILES string of the molecule is CC1CCCCN1CCCNCC(F)(F)c1ccccc1. The highest BCUT2D eigenvalue weighted by Gasteiger charge is 2.30. The maximum atomic E-state index is 13.9. The normalized spacial score (nSPS) is 20.6. The second kappa shape index (κ2) is 7.85. The van der Waals surface area contributed by atoms with Crippen LogP contribution in [0.1, 0.15) is 38.2 Å². The minimum Gasteiger partial charge on any atom is -0.311 e. The molecule has 1 heterocycles. The van der Waals surface area contributed by atoms with Gasteiger partial charge in [-0.2, -0.15) is 8.78 Å². The van der Waals surface area contributed by atoms with Crippen molar-refractivity contribution in [2.75, 3.05) is 26.2 Å². The largest absolute Gasteiger partial charge is 0.311 e. The lowest BCUT2D eigenvalue weighted by Gasteiger charge is -2.33. The molecule has 1 atom stereocenters. The summed E-state index contributed by atoms with van der Waals surface area (Å²) in [5, 5.41) is 2.90. The van der Waals surface area contributed by atoms with Gasteiger partial charge < -0.3 is 10.2 Å². The highest BCUT2D eigenvalue weighted by Crippen LogP contribution is 2.26. The smallest absolute Gasteiger partial charge is 0.285 e. The number of hydrogen-bond donors (Lipinski definition) is 1. The average molecular weight is 296 g/mol. The zero-order chi connectivity index (χ0) is 15.1. The van der Waals surface area contributed by atoms with Crippen LogP contribution in [0, 0.1) is 0 Å². The maximum absolute atomic E-state index is 13.9. The van der Waals surface area contributed by atoms with Gasteiger partial charge >= 0.3 is 0 Å². The Kier molecular flexibility index (Phi) is 6.12. The zero-order valence-electron chi connectivity index (χ0n) is 12.8.